The second kappa shape index (κ2) is 7.98. The quantitative estimate of drug-likeness (QED) is 0.485. The molecule has 6 heterocycles. The predicted octanol–water partition coefficient (Wildman–Crippen LogP) is 3.06. The van der Waals surface area contributed by atoms with E-state index in [4.69, 9.17) is 15.1 Å². The molecule has 1 fully saturated rings. The average Bonchev–Trinajstić information content (AvgIpc) is 3.36. The molecule has 2 aliphatic heterocycles. The van der Waals surface area contributed by atoms with Crippen LogP contribution in [0.25, 0.3) is 22.3 Å². The normalized spacial score (nSPS) is 17.9. The zero-order valence-electron chi connectivity index (χ0n) is 19.0. The van der Waals surface area contributed by atoms with Crippen molar-refractivity contribution >= 4 is 28.4 Å². The highest BCUT2D eigenvalue weighted by molar-refractivity contribution is 5.92. The Morgan fingerprint density at radius 1 is 1.24 bits per heavy atom. The Kier molecular flexibility index (Phi) is 4.79. The fourth-order valence-electron chi connectivity index (χ4n) is 4.54. The van der Waals surface area contributed by atoms with Crippen LogP contribution in [0, 0.1) is 17.2 Å². The number of hydrogen-bond donors (Lipinski definition) is 1. The van der Waals surface area contributed by atoms with E-state index in [1.807, 2.05) is 19.3 Å². The molecule has 4 aromatic heterocycles. The number of nitrogens with zero attached hydrogens (tertiary/aromatic N) is 9. The highest BCUT2D eigenvalue weighted by atomic mass is 16.5. The van der Waals surface area contributed by atoms with E-state index in [9.17, 15) is 0 Å². The zero-order valence-corrected chi connectivity index (χ0v) is 19.0. The van der Waals surface area contributed by atoms with Gasteiger partial charge in [-0.1, -0.05) is 0 Å². The molecule has 4 bridgehead atoms. The third-order valence-electron chi connectivity index (χ3n) is 6.44. The van der Waals surface area contributed by atoms with Crippen molar-refractivity contribution in [1.29, 1.82) is 5.26 Å². The number of aromatic nitrogens is 7. The highest BCUT2D eigenvalue weighted by Gasteiger charge is 2.31. The number of rotatable bonds is 2. The van der Waals surface area contributed by atoms with E-state index in [1.165, 1.54) is 0 Å². The van der Waals surface area contributed by atoms with Crippen molar-refractivity contribution in [2.45, 2.75) is 25.8 Å². The largest absolute Gasteiger partial charge is 0.477 e. The maximum absolute atomic E-state index is 9.00. The molecule has 172 valence electrons. The summed E-state index contributed by atoms with van der Waals surface area (Å²) in [6.07, 6.45) is 6.62. The minimum absolute atomic E-state index is 0.0939. The third kappa shape index (κ3) is 3.39. The summed E-state index contributed by atoms with van der Waals surface area (Å²) in [4.78, 5) is 16.0. The first kappa shape index (κ1) is 20.4. The number of nitriles is 1. The first-order valence-corrected chi connectivity index (χ1v) is 11.4. The van der Waals surface area contributed by atoms with Gasteiger partial charge in [0.15, 0.2) is 11.6 Å². The minimum Gasteiger partial charge on any atom is -0.477 e. The molecular formula is C23H24N10O. The van der Waals surface area contributed by atoms with Crippen molar-refractivity contribution in [2.24, 2.45) is 13.0 Å². The van der Waals surface area contributed by atoms with Gasteiger partial charge < -0.3 is 15.0 Å². The maximum Gasteiger partial charge on any atom is 0.222 e. The first-order chi connectivity index (χ1) is 16.6. The molecular weight excluding hydrogens is 432 g/mol. The summed E-state index contributed by atoms with van der Waals surface area (Å²) in [5.41, 5.74) is 1.74. The van der Waals surface area contributed by atoms with Gasteiger partial charge in [0, 0.05) is 57.4 Å². The number of pyridine rings is 1. The topological polar surface area (TPSA) is 123 Å². The molecule has 34 heavy (non-hydrogen) atoms. The Morgan fingerprint density at radius 3 is 2.97 bits per heavy atom. The maximum atomic E-state index is 9.00. The van der Waals surface area contributed by atoms with Crippen LogP contribution >= 0.6 is 0 Å². The van der Waals surface area contributed by atoms with Crippen molar-refractivity contribution in [3.8, 4) is 23.3 Å². The zero-order chi connectivity index (χ0) is 23.2. The van der Waals surface area contributed by atoms with E-state index in [-0.39, 0.29) is 6.04 Å². The molecule has 0 saturated carbocycles. The van der Waals surface area contributed by atoms with Crippen LogP contribution in [0.3, 0.4) is 0 Å². The van der Waals surface area contributed by atoms with Crippen molar-refractivity contribution < 1.29 is 4.74 Å². The number of ether oxygens (including phenoxy) is 1. The molecule has 0 spiro atoms. The lowest BCUT2D eigenvalue weighted by Gasteiger charge is -2.38. The number of anilines is 3. The van der Waals surface area contributed by atoms with Crippen LogP contribution < -0.4 is 15.0 Å². The monoisotopic (exact) mass is 456 g/mol. The molecule has 4 aromatic rings. The highest BCUT2D eigenvalue weighted by Crippen LogP contribution is 2.35. The molecule has 1 unspecified atom stereocenters. The van der Waals surface area contributed by atoms with Crippen LogP contribution in [0.1, 0.15) is 25.8 Å². The summed E-state index contributed by atoms with van der Waals surface area (Å²) in [5.74, 6) is 3.79. The molecule has 0 amide bonds. The molecule has 11 heteroatoms. The van der Waals surface area contributed by atoms with Gasteiger partial charge in [0.05, 0.1) is 35.8 Å². The van der Waals surface area contributed by atoms with Crippen LogP contribution in [0.15, 0.2) is 30.7 Å². The lowest BCUT2D eigenvalue weighted by Crippen LogP contribution is -2.46. The van der Waals surface area contributed by atoms with Gasteiger partial charge in [-0.3, -0.25) is 4.68 Å². The second-order valence-corrected chi connectivity index (χ2v) is 8.85. The molecule has 6 rings (SSSR count). The Bertz CT molecular complexity index is 1410. The van der Waals surface area contributed by atoms with Crippen LogP contribution in [-0.2, 0) is 7.05 Å². The fourth-order valence-corrected chi connectivity index (χ4v) is 4.54. The number of nitrogens with one attached hydrogen (secondary N) is 1. The molecule has 11 nitrogen and oxygen atoms in total. The molecule has 1 N–H and O–H groups in total. The van der Waals surface area contributed by atoms with Gasteiger partial charge in [0.1, 0.15) is 17.2 Å². The van der Waals surface area contributed by atoms with Gasteiger partial charge in [-0.05, 0) is 13.0 Å². The number of hydrogen-bond acceptors (Lipinski definition) is 9. The van der Waals surface area contributed by atoms with Crippen molar-refractivity contribution in [1.82, 2.24) is 34.5 Å². The SMILES string of the molecule is CC1CCOc2c(cnn2C)-c2nccc(n2)Nc2cc3c(cn2)c(N2CC(CC#N)C2)nn31. The van der Waals surface area contributed by atoms with Gasteiger partial charge in [-0.25, -0.2) is 19.6 Å². The smallest absolute Gasteiger partial charge is 0.222 e. The van der Waals surface area contributed by atoms with E-state index in [2.05, 4.69) is 47.9 Å². The summed E-state index contributed by atoms with van der Waals surface area (Å²) in [5, 5.41) is 22.6. The molecule has 0 aliphatic carbocycles. The molecule has 0 aromatic carbocycles. The standard InChI is InChI=1S/C23H24N10O/c1-14-5-8-34-23-17(11-27-31(23)2)21-25-7-4-19(29-21)28-20-9-18-16(10-26-20)22(30-33(14)18)32-12-15(13-32)3-6-24/h4,7,9-11,14-15H,3,5,8,12-13H2,1-2H3,(H,25,26,28,29). The molecule has 1 saturated heterocycles. The van der Waals surface area contributed by atoms with Gasteiger partial charge in [-0.2, -0.15) is 15.5 Å². The lowest BCUT2D eigenvalue weighted by atomic mass is 9.97. The van der Waals surface area contributed by atoms with Gasteiger partial charge in [-0.15, -0.1) is 0 Å². The lowest BCUT2D eigenvalue weighted by molar-refractivity contribution is 0.260. The van der Waals surface area contributed by atoms with Gasteiger partial charge in [0.2, 0.25) is 5.88 Å². The Labute approximate surface area is 196 Å². The van der Waals surface area contributed by atoms with Crippen molar-refractivity contribution in [3.05, 3.63) is 30.7 Å². The van der Waals surface area contributed by atoms with Crippen molar-refractivity contribution in [2.75, 3.05) is 29.9 Å². The van der Waals surface area contributed by atoms with Crippen LogP contribution in [0.4, 0.5) is 17.5 Å². The van der Waals surface area contributed by atoms with E-state index < -0.39 is 0 Å². The predicted molar refractivity (Wildman–Crippen MR) is 126 cm³/mol. The second-order valence-electron chi connectivity index (χ2n) is 8.85. The summed E-state index contributed by atoms with van der Waals surface area (Å²) >= 11 is 0. The van der Waals surface area contributed by atoms with Crippen LogP contribution in [0.5, 0.6) is 5.88 Å². The molecule has 0 radical (unpaired) electrons. The average molecular weight is 457 g/mol. The first-order valence-electron chi connectivity index (χ1n) is 11.4. The Morgan fingerprint density at radius 2 is 2.12 bits per heavy atom. The fraction of sp³-hybridized carbons (Fsp3) is 0.391. The van der Waals surface area contributed by atoms with Crippen molar-refractivity contribution in [3.63, 3.8) is 0 Å². The summed E-state index contributed by atoms with van der Waals surface area (Å²) in [7, 11) is 1.85. The Balaban J connectivity index is 1.42. The van der Waals surface area contributed by atoms with E-state index >= 15 is 0 Å². The van der Waals surface area contributed by atoms with Gasteiger partial charge >= 0.3 is 0 Å². The number of aryl methyl sites for hydroxylation is 1. The van der Waals surface area contributed by atoms with Gasteiger partial charge in [0.25, 0.3) is 0 Å². The number of fused-ring (bicyclic) bond motifs is 5. The molecule has 1 atom stereocenters. The van der Waals surface area contributed by atoms with E-state index in [1.54, 1.807) is 23.1 Å². The minimum atomic E-state index is 0.0939. The molecule has 2 aliphatic rings. The Hall–Kier alpha value is -4.20. The third-order valence-corrected chi connectivity index (χ3v) is 6.44. The van der Waals surface area contributed by atoms with Crippen LogP contribution in [0.2, 0.25) is 0 Å². The van der Waals surface area contributed by atoms with E-state index in [0.29, 0.717) is 42.3 Å². The van der Waals surface area contributed by atoms with E-state index in [0.717, 1.165) is 41.8 Å². The summed E-state index contributed by atoms with van der Waals surface area (Å²) in [6.45, 7) is 4.31. The van der Waals surface area contributed by atoms with Crippen LogP contribution in [-0.4, -0.2) is 54.2 Å². The summed E-state index contributed by atoms with van der Waals surface area (Å²) in [6, 6.07) is 6.18. The summed E-state index contributed by atoms with van der Waals surface area (Å²) < 4.78 is 9.91.